The summed E-state index contributed by atoms with van der Waals surface area (Å²) in [5.41, 5.74) is 0. The van der Waals surface area contributed by atoms with Crippen LogP contribution in [0.2, 0.25) is 0 Å². The van der Waals surface area contributed by atoms with Crippen molar-refractivity contribution in [1.82, 2.24) is 0 Å². The number of unbranched alkanes of at least 4 members (excludes halogenated alkanes) is 1. The molecule has 0 spiro atoms. The van der Waals surface area contributed by atoms with Gasteiger partial charge in [-0.2, -0.15) is 0 Å². The van der Waals surface area contributed by atoms with E-state index in [4.69, 9.17) is 0 Å². The normalized spacial score (nSPS) is 6.50. The molecule has 0 N–H and O–H groups in total. The molecule has 2 heteroatoms. The summed E-state index contributed by atoms with van der Waals surface area (Å²) in [7, 11) is 0. The summed E-state index contributed by atoms with van der Waals surface area (Å²) in [4.78, 5) is 10.1. The fourth-order valence-electron chi connectivity index (χ4n) is 0.360. The molecule has 2 nitrogen and oxygen atoms in total. The van der Waals surface area contributed by atoms with E-state index in [0.29, 0.717) is 6.61 Å². The SMILES string of the molecule is C=C.C=C.CCCCOC(C)=O. The Labute approximate surface area is 75.9 Å². The topological polar surface area (TPSA) is 26.3 Å². The second-order valence-electron chi connectivity index (χ2n) is 1.69. The number of carbonyl (C=O) groups excluding carboxylic acids is 1. The van der Waals surface area contributed by atoms with Crippen molar-refractivity contribution < 1.29 is 9.53 Å². The lowest BCUT2D eigenvalue weighted by atomic mass is 10.4. The van der Waals surface area contributed by atoms with Crippen molar-refractivity contribution >= 4 is 5.97 Å². The van der Waals surface area contributed by atoms with Crippen LogP contribution in [0, 0.1) is 0 Å². The highest BCUT2D eigenvalue weighted by Gasteiger charge is 1.88. The van der Waals surface area contributed by atoms with Gasteiger partial charge in [0.05, 0.1) is 6.61 Å². The van der Waals surface area contributed by atoms with Crippen LogP contribution in [0.3, 0.4) is 0 Å². The van der Waals surface area contributed by atoms with Gasteiger partial charge in [0.1, 0.15) is 0 Å². The molecule has 0 rings (SSSR count). The maximum Gasteiger partial charge on any atom is 0.302 e. The molecule has 12 heavy (non-hydrogen) atoms. The summed E-state index contributed by atoms with van der Waals surface area (Å²) < 4.78 is 4.64. The first-order chi connectivity index (χ1) is 5.77. The highest BCUT2D eigenvalue weighted by Crippen LogP contribution is 1.86. The molecule has 0 aromatic carbocycles. The zero-order valence-electron chi connectivity index (χ0n) is 8.27. The second kappa shape index (κ2) is 22.5. The standard InChI is InChI=1S/C6H12O2.2C2H4/c1-3-4-5-8-6(2)7;2*1-2/h3-5H2,1-2H3;2*1-2H2. The molecule has 0 saturated heterocycles. The van der Waals surface area contributed by atoms with Crippen LogP contribution in [-0.2, 0) is 9.53 Å². The molecule has 0 bridgehead atoms. The third-order valence-corrected chi connectivity index (χ3v) is 0.803. The molecule has 0 saturated carbocycles. The van der Waals surface area contributed by atoms with E-state index in [9.17, 15) is 4.79 Å². The lowest BCUT2D eigenvalue weighted by Crippen LogP contribution is -1.99. The average Bonchev–Trinajstić information content (AvgIpc) is 2.12. The lowest BCUT2D eigenvalue weighted by molar-refractivity contribution is -0.141. The van der Waals surface area contributed by atoms with Crippen molar-refractivity contribution in [3.05, 3.63) is 26.3 Å². The van der Waals surface area contributed by atoms with Crippen LogP contribution in [0.4, 0.5) is 0 Å². The third kappa shape index (κ3) is 36.3. The molecular formula is C10H20O2. The second-order valence-corrected chi connectivity index (χ2v) is 1.69. The maximum atomic E-state index is 10.1. The molecule has 0 aliphatic rings. The largest absolute Gasteiger partial charge is 0.466 e. The zero-order chi connectivity index (χ0) is 10.4. The number of ether oxygens (including phenoxy) is 1. The summed E-state index contributed by atoms with van der Waals surface area (Å²) in [5.74, 6) is -0.182. The predicted molar refractivity (Wildman–Crippen MR) is 54.0 cm³/mol. The number of hydrogen-bond acceptors (Lipinski definition) is 2. The Morgan fingerprint density at radius 2 is 1.67 bits per heavy atom. The van der Waals surface area contributed by atoms with Crippen molar-refractivity contribution in [2.24, 2.45) is 0 Å². The summed E-state index contributed by atoms with van der Waals surface area (Å²) in [6.45, 7) is 16.1. The van der Waals surface area contributed by atoms with Crippen molar-refractivity contribution in [3.8, 4) is 0 Å². The molecule has 0 fully saturated rings. The Balaban J connectivity index is -0.000000175. The zero-order valence-corrected chi connectivity index (χ0v) is 8.27. The molecule has 72 valence electrons. The number of esters is 1. The quantitative estimate of drug-likeness (QED) is 0.371. The molecule has 0 radical (unpaired) electrons. The van der Waals surface area contributed by atoms with Gasteiger partial charge in [0.2, 0.25) is 0 Å². The van der Waals surface area contributed by atoms with Crippen LogP contribution in [0.15, 0.2) is 26.3 Å². The number of rotatable bonds is 3. The van der Waals surface area contributed by atoms with Gasteiger partial charge in [-0.15, -0.1) is 26.3 Å². The molecular weight excluding hydrogens is 152 g/mol. The fraction of sp³-hybridized carbons (Fsp3) is 0.500. The Morgan fingerprint density at radius 1 is 1.25 bits per heavy atom. The maximum absolute atomic E-state index is 10.1. The summed E-state index contributed by atoms with van der Waals surface area (Å²) in [6, 6.07) is 0. The first-order valence-electron chi connectivity index (χ1n) is 3.90. The molecule has 0 atom stereocenters. The van der Waals surface area contributed by atoms with Gasteiger partial charge < -0.3 is 4.74 Å². The molecule has 0 unspecified atom stereocenters. The molecule has 0 amide bonds. The molecule has 0 heterocycles. The highest BCUT2D eigenvalue weighted by molar-refractivity contribution is 5.65. The minimum absolute atomic E-state index is 0.182. The Morgan fingerprint density at radius 3 is 1.92 bits per heavy atom. The van der Waals surface area contributed by atoms with E-state index >= 15 is 0 Å². The van der Waals surface area contributed by atoms with Gasteiger partial charge in [0, 0.05) is 6.92 Å². The molecule has 0 aliphatic carbocycles. The molecule has 0 aromatic heterocycles. The lowest BCUT2D eigenvalue weighted by Gasteiger charge is -1.96. The fourth-order valence-corrected chi connectivity index (χ4v) is 0.360. The monoisotopic (exact) mass is 172 g/mol. The van der Waals surface area contributed by atoms with Gasteiger partial charge in [-0.05, 0) is 6.42 Å². The van der Waals surface area contributed by atoms with E-state index in [1.165, 1.54) is 6.92 Å². The van der Waals surface area contributed by atoms with Gasteiger partial charge in [-0.25, -0.2) is 0 Å². The van der Waals surface area contributed by atoms with Crippen molar-refractivity contribution in [1.29, 1.82) is 0 Å². The van der Waals surface area contributed by atoms with Crippen LogP contribution in [0.25, 0.3) is 0 Å². The Kier molecular flexibility index (Phi) is 32.2. The minimum Gasteiger partial charge on any atom is -0.466 e. The summed E-state index contributed by atoms with van der Waals surface area (Å²) in [6.07, 6.45) is 2.05. The first kappa shape index (κ1) is 17.2. The minimum atomic E-state index is -0.182. The van der Waals surface area contributed by atoms with Gasteiger partial charge in [-0.3, -0.25) is 4.79 Å². The Bertz CT molecular complexity index is 87.8. The third-order valence-electron chi connectivity index (χ3n) is 0.803. The van der Waals surface area contributed by atoms with Gasteiger partial charge in [0.25, 0.3) is 0 Å². The van der Waals surface area contributed by atoms with Crippen LogP contribution in [0.1, 0.15) is 26.7 Å². The van der Waals surface area contributed by atoms with Crippen molar-refractivity contribution in [3.63, 3.8) is 0 Å². The van der Waals surface area contributed by atoms with E-state index in [1.54, 1.807) is 0 Å². The number of carbonyl (C=O) groups is 1. The van der Waals surface area contributed by atoms with Crippen molar-refractivity contribution in [2.75, 3.05) is 6.61 Å². The first-order valence-corrected chi connectivity index (χ1v) is 3.90. The van der Waals surface area contributed by atoms with Gasteiger partial charge in [-0.1, -0.05) is 13.3 Å². The summed E-state index contributed by atoms with van der Waals surface area (Å²) >= 11 is 0. The van der Waals surface area contributed by atoms with Crippen molar-refractivity contribution in [2.45, 2.75) is 26.7 Å². The van der Waals surface area contributed by atoms with E-state index in [1.807, 2.05) is 0 Å². The van der Waals surface area contributed by atoms with Gasteiger partial charge in [0.15, 0.2) is 0 Å². The van der Waals surface area contributed by atoms with E-state index in [2.05, 4.69) is 38.0 Å². The molecule has 0 aromatic rings. The highest BCUT2D eigenvalue weighted by atomic mass is 16.5. The predicted octanol–water partition coefficient (Wildman–Crippen LogP) is 2.95. The van der Waals surface area contributed by atoms with E-state index < -0.39 is 0 Å². The summed E-state index contributed by atoms with van der Waals surface area (Å²) in [5, 5.41) is 0. The average molecular weight is 172 g/mol. The van der Waals surface area contributed by atoms with E-state index in [0.717, 1.165) is 12.8 Å². The van der Waals surface area contributed by atoms with Crippen LogP contribution in [-0.4, -0.2) is 12.6 Å². The molecule has 0 aliphatic heterocycles. The van der Waals surface area contributed by atoms with Crippen LogP contribution >= 0.6 is 0 Å². The van der Waals surface area contributed by atoms with E-state index in [-0.39, 0.29) is 5.97 Å². The van der Waals surface area contributed by atoms with Gasteiger partial charge >= 0.3 is 5.97 Å². The van der Waals surface area contributed by atoms with Crippen LogP contribution < -0.4 is 0 Å². The number of hydrogen-bond donors (Lipinski definition) is 0. The van der Waals surface area contributed by atoms with Crippen LogP contribution in [0.5, 0.6) is 0 Å². The Hall–Kier alpha value is -1.05. The smallest absolute Gasteiger partial charge is 0.302 e.